The molecule has 0 saturated carbocycles. The van der Waals surface area contributed by atoms with Crippen molar-refractivity contribution in [2.45, 2.75) is 4.90 Å². The van der Waals surface area contributed by atoms with E-state index in [9.17, 15) is 12.6 Å². The Morgan fingerprint density at radius 3 is 2.50 bits per heavy atom. The van der Waals surface area contributed by atoms with Crippen LogP contribution in [0.25, 0.3) is 10.8 Å². The standard InChI is InChI=1S/C11H11NO6S2/c1-12-8-2-3-10-7(4-8)5-9(20(15,16)17)6-11(10)18-19(13)14/h2-6,12H,1H3,(H,13,14)(H,15,16,17). The Morgan fingerprint density at radius 2 is 1.95 bits per heavy atom. The minimum Gasteiger partial charge on any atom is -0.388 e. The van der Waals surface area contributed by atoms with Crippen LogP contribution in [0.3, 0.4) is 0 Å². The molecule has 3 N–H and O–H groups in total. The van der Waals surface area contributed by atoms with Gasteiger partial charge in [-0.25, -0.2) is 0 Å². The second-order valence-electron chi connectivity index (χ2n) is 3.88. The third-order valence-corrected chi connectivity index (χ3v) is 3.79. The molecular weight excluding hydrogens is 306 g/mol. The van der Waals surface area contributed by atoms with E-state index in [0.29, 0.717) is 16.5 Å². The minimum atomic E-state index is -4.45. The quantitative estimate of drug-likeness (QED) is 0.580. The molecule has 2 rings (SSSR count). The molecule has 0 aliphatic carbocycles. The molecule has 1 unspecified atom stereocenters. The highest BCUT2D eigenvalue weighted by molar-refractivity contribution is 7.85. The molecule has 0 amide bonds. The second-order valence-corrected chi connectivity index (χ2v) is 5.91. The van der Waals surface area contributed by atoms with Crippen molar-refractivity contribution in [3.05, 3.63) is 30.3 Å². The maximum atomic E-state index is 11.2. The van der Waals surface area contributed by atoms with Crippen LogP contribution in [0, 0.1) is 0 Å². The molecular formula is C11H11NO6S2. The van der Waals surface area contributed by atoms with Gasteiger partial charge in [-0.05, 0) is 29.7 Å². The van der Waals surface area contributed by atoms with Crippen LogP contribution in [-0.2, 0) is 21.5 Å². The molecule has 7 nitrogen and oxygen atoms in total. The Balaban J connectivity index is 2.77. The molecule has 2 aromatic carbocycles. The van der Waals surface area contributed by atoms with Crippen LogP contribution in [0.4, 0.5) is 5.69 Å². The number of anilines is 1. The molecule has 9 heteroatoms. The first kappa shape index (κ1) is 14.7. The Kier molecular flexibility index (Phi) is 3.95. The zero-order valence-electron chi connectivity index (χ0n) is 10.2. The van der Waals surface area contributed by atoms with E-state index in [1.807, 2.05) is 0 Å². The molecule has 0 aliphatic heterocycles. The molecule has 0 bridgehead atoms. The van der Waals surface area contributed by atoms with Gasteiger partial charge in [-0.3, -0.25) is 9.11 Å². The summed E-state index contributed by atoms with van der Waals surface area (Å²) in [6, 6.07) is 7.17. The molecule has 0 aliphatic rings. The predicted octanol–water partition coefficient (Wildman–Crippen LogP) is 1.64. The van der Waals surface area contributed by atoms with Gasteiger partial charge < -0.3 is 9.50 Å². The van der Waals surface area contributed by atoms with Crippen molar-refractivity contribution in [1.29, 1.82) is 0 Å². The van der Waals surface area contributed by atoms with Gasteiger partial charge in [0.15, 0.2) is 5.75 Å². The summed E-state index contributed by atoms with van der Waals surface area (Å²) in [7, 11) is -2.76. The fourth-order valence-corrected chi connectivity index (χ4v) is 2.58. The van der Waals surface area contributed by atoms with Crippen LogP contribution >= 0.6 is 0 Å². The summed E-state index contributed by atoms with van der Waals surface area (Å²) in [5.41, 5.74) is 0.709. The van der Waals surface area contributed by atoms with Crippen molar-refractivity contribution < 1.29 is 25.9 Å². The summed E-state index contributed by atoms with van der Waals surface area (Å²) in [5.74, 6) is -0.112. The maximum absolute atomic E-state index is 11.2. The lowest BCUT2D eigenvalue weighted by atomic mass is 10.1. The minimum absolute atomic E-state index is 0.112. The molecule has 0 aromatic heterocycles. The third kappa shape index (κ3) is 3.07. The summed E-state index contributed by atoms with van der Waals surface area (Å²) in [5, 5.41) is 3.76. The smallest absolute Gasteiger partial charge is 0.357 e. The van der Waals surface area contributed by atoms with E-state index < -0.39 is 26.4 Å². The van der Waals surface area contributed by atoms with Crippen molar-refractivity contribution >= 4 is 37.9 Å². The highest BCUT2D eigenvalue weighted by Gasteiger charge is 2.16. The van der Waals surface area contributed by atoms with Gasteiger partial charge in [0.1, 0.15) is 0 Å². The van der Waals surface area contributed by atoms with Crippen LogP contribution in [0.5, 0.6) is 5.75 Å². The highest BCUT2D eigenvalue weighted by atomic mass is 32.2. The van der Waals surface area contributed by atoms with Gasteiger partial charge in [-0.2, -0.15) is 12.6 Å². The van der Waals surface area contributed by atoms with Gasteiger partial charge >= 0.3 is 11.4 Å². The van der Waals surface area contributed by atoms with E-state index in [1.54, 1.807) is 25.2 Å². The number of benzene rings is 2. The molecule has 0 radical (unpaired) electrons. The third-order valence-electron chi connectivity index (χ3n) is 2.64. The number of hydrogen-bond acceptors (Lipinski definition) is 5. The first-order valence-corrected chi connectivity index (χ1v) is 7.80. The van der Waals surface area contributed by atoms with Crippen LogP contribution in [0.15, 0.2) is 35.2 Å². The normalized spacial score (nSPS) is 13.2. The van der Waals surface area contributed by atoms with Crippen molar-refractivity contribution in [3.63, 3.8) is 0 Å². The first-order valence-electron chi connectivity index (χ1n) is 5.33. The number of rotatable bonds is 4. The van der Waals surface area contributed by atoms with Crippen LogP contribution in [0.2, 0.25) is 0 Å². The Morgan fingerprint density at radius 1 is 1.25 bits per heavy atom. The number of hydrogen-bond donors (Lipinski definition) is 3. The van der Waals surface area contributed by atoms with E-state index in [1.165, 1.54) is 6.07 Å². The van der Waals surface area contributed by atoms with Crippen LogP contribution in [-0.4, -0.2) is 28.8 Å². The molecule has 108 valence electrons. The number of fused-ring (bicyclic) bond motifs is 1. The average molecular weight is 317 g/mol. The van der Waals surface area contributed by atoms with Gasteiger partial charge in [0.25, 0.3) is 10.1 Å². The van der Waals surface area contributed by atoms with E-state index in [4.69, 9.17) is 9.11 Å². The molecule has 0 saturated heterocycles. The monoisotopic (exact) mass is 317 g/mol. The molecule has 0 heterocycles. The molecule has 0 fully saturated rings. The highest BCUT2D eigenvalue weighted by Crippen LogP contribution is 2.31. The van der Waals surface area contributed by atoms with Gasteiger partial charge in [0.2, 0.25) is 0 Å². The Labute approximate surface area is 117 Å². The lowest BCUT2D eigenvalue weighted by Crippen LogP contribution is -2.02. The number of nitrogens with one attached hydrogen (secondary N) is 1. The van der Waals surface area contributed by atoms with E-state index in [2.05, 4.69) is 9.50 Å². The summed E-state index contributed by atoms with van der Waals surface area (Å²) < 4.78 is 55.7. The van der Waals surface area contributed by atoms with E-state index in [-0.39, 0.29) is 5.75 Å². The van der Waals surface area contributed by atoms with Crippen molar-refractivity contribution in [2.75, 3.05) is 12.4 Å². The zero-order chi connectivity index (χ0) is 14.9. The molecule has 1 atom stereocenters. The maximum Gasteiger partial charge on any atom is 0.357 e. The zero-order valence-corrected chi connectivity index (χ0v) is 11.9. The SMILES string of the molecule is CNc1ccc2c(OS(=O)O)cc(S(=O)(=O)O)cc2c1. The van der Waals surface area contributed by atoms with Crippen molar-refractivity contribution in [2.24, 2.45) is 0 Å². The predicted molar refractivity (Wildman–Crippen MR) is 74.7 cm³/mol. The Hall–Kier alpha value is -1.68. The van der Waals surface area contributed by atoms with Crippen LogP contribution in [0.1, 0.15) is 0 Å². The van der Waals surface area contributed by atoms with Crippen LogP contribution < -0.4 is 9.50 Å². The summed E-state index contributed by atoms with van der Waals surface area (Å²) in [6.07, 6.45) is 0. The molecule has 0 spiro atoms. The van der Waals surface area contributed by atoms with E-state index >= 15 is 0 Å². The lowest BCUT2D eigenvalue weighted by Gasteiger charge is -2.09. The average Bonchev–Trinajstić information content (AvgIpc) is 2.36. The lowest BCUT2D eigenvalue weighted by molar-refractivity contribution is 0.457. The largest absolute Gasteiger partial charge is 0.388 e. The van der Waals surface area contributed by atoms with Gasteiger partial charge in [-0.1, -0.05) is 0 Å². The van der Waals surface area contributed by atoms with Crippen molar-refractivity contribution in [3.8, 4) is 5.75 Å². The topological polar surface area (TPSA) is 113 Å². The first-order chi connectivity index (χ1) is 9.31. The molecule has 20 heavy (non-hydrogen) atoms. The summed E-state index contributed by atoms with van der Waals surface area (Å²) in [4.78, 5) is -0.418. The molecule has 2 aromatic rings. The van der Waals surface area contributed by atoms with Gasteiger partial charge in [0, 0.05) is 24.2 Å². The summed E-state index contributed by atoms with van der Waals surface area (Å²) in [6.45, 7) is 0. The van der Waals surface area contributed by atoms with Gasteiger partial charge in [-0.15, -0.1) is 0 Å². The second kappa shape index (κ2) is 5.37. The Bertz CT molecular complexity index is 787. The van der Waals surface area contributed by atoms with Gasteiger partial charge in [0.05, 0.1) is 4.90 Å². The fraction of sp³-hybridized carbons (Fsp3) is 0.0909. The summed E-state index contributed by atoms with van der Waals surface area (Å²) >= 11 is -2.61. The van der Waals surface area contributed by atoms with Crippen molar-refractivity contribution in [1.82, 2.24) is 0 Å². The van der Waals surface area contributed by atoms with E-state index in [0.717, 1.165) is 6.07 Å². The fourth-order valence-electron chi connectivity index (χ4n) is 1.76.